The molecule has 0 unspecified atom stereocenters. The van der Waals surface area contributed by atoms with Crippen LogP contribution in [0.3, 0.4) is 0 Å². The molecule has 0 aliphatic carbocycles. The van der Waals surface area contributed by atoms with Gasteiger partial charge < -0.3 is 25.0 Å². The van der Waals surface area contributed by atoms with E-state index in [0.717, 1.165) is 54.4 Å². The molecule has 1 saturated heterocycles. The summed E-state index contributed by atoms with van der Waals surface area (Å²) in [5, 5.41) is 5.82. The zero-order valence-corrected chi connectivity index (χ0v) is 23.7. The second kappa shape index (κ2) is 13.1. The van der Waals surface area contributed by atoms with Gasteiger partial charge in [-0.05, 0) is 97.3 Å². The largest absolute Gasteiger partial charge is 0.462 e. The fraction of sp³-hybridized carbons (Fsp3) is 0.206. The van der Waals surface area contributed by atoms with Gasteiger partial charge in [0.25, 0.3) is 11.8 Å². The first-order chi connectivity index (χ1) is 20.4. The Morgan fingerprint density at radius 2 is 1.43 bits per heavy atom. The van der Waals surface area contributed by atoms with Crippen molar-refractivity contribution >= 4 is 34.8 Å². The second-order valence-corrected chi connectivity index (χ2v) is 9.96. The van der Waals surface area contributed by atoms with Gasteiger partial charge in [0.2, 0.25) is 0 Å². The third-order valence-electron chi connectivity index (χ3n) is 7.09. The molecule has 8 heteroatoms. The zero-order valence-electron chi connectivity index (χ0n) is 23.7. The van der Waals surface area contributed by atoms with Crippen molar-refractivity contribution in [3.8, 4) is 11.1 Å². The number of carbonyl (C=O) groups excluding carboxylic acids is 3. The van der Waals surface area contributed by atoms with Gasteiger partial charge in [0.1, 0.15) is 0 Å². The van der Waals surface area contributed by atoms with Crippen molar-refractivity contribution in [3.63, 3.8) is 0 Å². The highest BCUT2D eigenvalue weighted by Gasteiger charge is 2.14. The number of benzene rings is 4. The molecule has 0 atom stereocenters. The summed E-state index contributed by atoms with van der Waals surface area (Å²) in [5.74, 6) is -0.936. The summed E-state index contributed by atoms with van der Waals surface area (Å²) >= 11 is 0. The standard InChI is InChI=1S/C34H33N3O5/c1-3-42-34(40)27-5-4-6-29(21-27)36-32(38)25-11-9-24(10-12-25)31-22-26(8-7-23(31)2)33(39)35-28-13-15-30(16-14-28)37-17-19-41-20-18-37/h4-16,21-22H,3,17-20H2,1-2H3,(H,35,39)(H,36,38). The maximum atomic E-state index is 13.1. The van der Waals surface area contributed by atoms with Crippen LogP contribution in [0.1, 0.15) is 43.6 Å². The van der Waals surface area contributed by atoms with E-state index in [9.17, 15) is 14.4 Å². The van der Waals surface area contributed by atoms with Crippen molar-refractivity contribution in [2.75, 3.05) is 48.4 Å². The van der Waals surface area contributed by atoms with E-state index >= 15 is 0 Å². The third kappa shape index (κ3) is 6.85. The normalized spacial score (nSPS) is 12.9. The predicted octanol–water partition coefficient (Wildman–Crippen LogP) is 6.18. The fourth-order valence-electron chi connectivity index (χ4n) is 4.80. The van der Waals surface area contributed by atoms with E-state index in [0.29, 0.717) is 22.4 Å². The summed E-state index contributed by atoms with van der Waals surface area (Å²) in [6.07, 6.45) is 0. The van der Waals surface area contributed by atoms with Crippen LogP contribution in [0.5, 0.6) is 0 Å². The van der Waals surface area contributed by atoms with E-state index in [-0.39, 0.29) is 18.4 Å². The molecule has 0 spiro atoms. The van der Waals surface area contributed by atoms with Gasteiger partial charge >= 0.3 is 5.97 Å². The lowest BCUT2D eigenvalue weighted by atomic mass is 9.97. The molecule has 0 radical (unpaired) electrons. The van der Waals surface area contributed by atoms with Crippen LogP contribution in [0.2, 0.25) is 0 Å². The van der Waals surface area contributed by atoms with Crippen LogP contribution in [-0.4, -0.2) is 50.7 Å². The highest BCUT2D eigenvalue weighted by atomic mass is 16.5. The van der Waals surface area contributed by atoms with Crippen LogP contribution >= 0.6 is 0 Å². The monoisotopic (exact) mass is 563 g/mol. The molecule has 0 bridgehead atoms. The number of nitrogens with zero attached hydrogens (tertiary/aromatic N) is 1. The molecule has 1 heterocycles. The first kappa shape index (κ1) is 28.6. The maximum Gasteiger partial charge on any atom is 0.338 e. The molecule has 2 amide bonds. The lowest BCUT2D eigenvalue weighted by Gasteiger charge is -2.28. The van der Waals surface area contributed by atoms with Crippen molar-refractivity contribution in [2.24, 2.45) is 0 Å². The number of esters is 1. The van der Waals surface area contributed by atoms with Gasteiger partial charge in [0.15, 0.2) is 0 Å². The summed E-state index contributed by atoms with van der Waals surface area (Å²) in [5.41, 5.74) is 6.50. The van der Waals surface area contributed by atoms with Gasteiger partial charge in [0, 0.05) is 41.3 Å². The van der Waals surface area contributed by atoms with Gasteiger partial charge in [-0.2, -0.15) is 0 Å². The molecule has 5 rings (SSSR count). The van der Waals surface area contributed by atoms with Crippen LogP contribution in [0.4, 0.5) is 17.1 Å². The average Bonchev–Trinajstić information content (AvgIpc) is 3.02. The molecule has 4 aromatic carbocycles. The van der Waals surface area contributed by atoms with Crippen molar-refractivity contribution in [1.82, 2.24) is 0 Å². The summed E-state index contributed by atoms with van der Waals surface area (Å²) < 4.78 is 10.5. The lowest BCUT2D eigenvalue weighted by molar-refractivity contribution is 0.0526. The highest BCUT2D eigenvalue weighted by Crippen LogP contribution is 2.26. The Bertz CT molecular complexity index is 1580. The average molecular weight is 564 g/mol. The number of ether oxygens (including phenoxy) is 2. The summed E-state index contributed by atoms with van der Waals surface area (Å²) in [6, 6.07) is 27.3. The van der Waals surface area contributed by atoms with Gasteiger partial charge in [-0.1, -0.05) is 24.3 Å². The number of aryl methyl sites for hydroxylation is 1. The topological polar surface area (TPSA) is 97.0 Å². The molecule has 1 aliphatic heterocycles. The van der Waals surface area contributed by atoms with Crippen molar-refractivity contribution in [2.45, 2.75) is 13.8 Å². The number of amides is 2. The number of morpholine rings is 1. The number of carbonyl (C=O) groups is 3. The molecule has 8 nitrogen and oxygen atoms in total. The fourth-order valence-corrected chi connectivity index (χ4v) is 4.80. The molecule has 214 valence electrons. The highest BCUT2D eigenvalue weighted by molar-refractivity contribution is 6.06. The Kier molecular flexibility index (Phi) is 8.94. The van der Waals surface area contributed by atoms with Gasteiger partial charge in [0.05, 0.1) is 25.4 Å². The second-order valence-electron chi connectivity index (χ2n) is 9.96. The lowest BCUT2D eigenvalue weighted by Crippen LogP contribution is -2.36. The quantitative estimate of drug-likeness (QED) is 0.249. The van der Waals surface area contributed by atoms with E-state index < -0.39 is 5.97 Å². The molecule has 0 saturated carbocycles. The van der Waals surface area contributed by atoms with Gasteiger partial charge in [-0.25, -0.2) is 4.79 Å². The smallest absolute Gasteiger partial charge is 0.338 e. The first-order valence-electron chi connectivity index (χ1n) is 13.9. The van der Waals surface area contributed by atoms with E-state index in [1.807, 2.05) is 61.5 Å². The molecular formula is C34H33N3O5. The molecule has 4 aromatic rings. The molecule has 1 fully saturated rings. The Labute approximate surface area is 245 Å². The van der Waals surface area contributed by atoms with E-state index in [1.54, 1.807) is 43.3 Å². The van der Waals surface area contributed by atoms with Gasteiger partial charge in [-0.3, -0.25) is 9.59 Å². The van der Waals surface area contributed by atoms with Crippen LogP contribution < -0.4 is 15.5 Å². The summed E-state index contributed by atoms with van der Waals surface area (Å²) in [6.45, 7) is 7.15. The molecule has 1 aliphatic rings. The number of hydrogen-bond donors (Lipinski definition) is 2. The molecule has 42 heavy (non-hydrogen) atoms. The van der Waals surface area contributed by atoms with E-state index in [2.05, 4.69) is 15.5 Å². The number of rotatable bonds is 8. The summed E-state index contributed by atoms with van der Waals surface area (Å²) in [4.78, 5) is 40.2. The van der Waals surface area contributed by atoms with Crippen LogP contribution in [0.25, 0.3) is 11.1 Å². The minimum atomic E-state index is -0.439. The molecule has 2 N–H and O–H groups in total. The van der Waals surface area contributed by atoms with Gasteiger partial charge in [-0.15, -0.1) is 0 Å². The SMILES string of the molecule is CCOC(=O)c1cccc(NC(=O)c2ccc(-c3cc(C(=O)Nc4ccc(N5CCOCC5)cc4)ccc3C)cc2)c1. The van der Waals surface area contributed by atoms with Crippen LogP contribution in [-0.2, 0) is 9.47 Å². The minimum Gasteiger partial charge on any atom is -0.462 e. The molecule has 0 aromatic heterocycles. The number of hydrogen-bond acceptors (Lipinski definition) is 6. The Hall–Kier alpha value is -4.95. The maximum absolute atomic E-state index is 13.1. The predicted molar refractivity (Wildman–Crippen MR) is 164 cm³/mol. The van der Waals surface area contributed by atoms with Crippen LogP contribution in [0.15, 0.2) is 91.0 Å². The van der Waals surface area contributed by atoms with Crippen LogP contribution in [0, 0.1) is 6.92 Å². The Balaban J connectivity index is 1.25. The van der Waals surface area contributed by atoms with E-state index in [4.69, 9.17) is 9.47 Å². The first-order valence-corrected chi connectivity index (χ1v) is 13.9. The van der Waals surface area contributed by atoms with Crippen molar-refractivity contribution < 1.29 is 23.9 Å². The number of anilines is 3. The Morgan fingerprint density at radius 3 is 2.14 bits per heavy atom. The Morgan fingerprint density at radius 1 is 0.762 bits per heavy atom. The molecular weight excluding hydrogens is 530 g/mol. The van der Waals surface area contributed by atoms with Crippen molar-refractivity contribution in [1.29, 1.82) is 0 Å². The zero-order chi connectivity index (χ0) is 29.5. The summed E-state index contributed by atoms with van der Waals surface area (Å²) in [7, 11) is 0. The van der Waals surface area contributed by atoms with E-state index in [1.165, 1.54) is 0 Å². The number of nitrogens with one attached hydrogen (secondary N) is 2. The van der Waals surface area contributed by atoms with Crippen molar-refractivity contribution in [3.05, 3.63) is 113 Å². The minimum absolute atomic E-state index is 0.198. The third-order valence-corrected chi connectivity index (χ3v) is 7.09.